The molecule has 6 rings (SSSR count). The average molecular weight is 533 g/mol. The summed E-state index contributed by atoms with van der Waals surface area (Å²) in [7, 11) is 1.63. The Hall–Kier alpha value is -5.18. The molecule has 0 saturated carbocycles. The normalized spacial score (nSPS) is 12.6. The van der Waals surface area contributed by atoms with Crippen LogP contribution in [0.1, 0.15) is 44.8 Å². The van der Waals surface area contributed by atoms with E-state index >= 15 is 0 Å². The Kier molecular flexibility index (Phi) is 6.84. The van der Waals surface area contributed by atoms with E-state index in [-0.39, 0.29) is 11.7 Å². The van der Waals surface area contributed by atoms with Gasteiger partial charge in [0.2, 0.25) is 0 Å². The summed E-state index contributed by atoms with van der Waals surface area (Å²) in [6, 6.07) is 21.1. The van der Waals surface area contributed by atoms with Crippen molar-refractivity contribution >= 4 is 28.9 Å². The molecule has 0 aliphatic heterocycles. The van der Waals surface area contributed by atoms with Crippen molar-refractivity contribution in [2.45, 2.75) is 25.8 Å². The zero-order valence-electron chi connectivity index (χ0n) is 22.0. The van der Waals surface area contributed by atoms with Crippen molar-refractivity contribution in [1.29, 1.82) is 0 Å². The Morgan fingerprint density at radius 3 is 2.67 bits per heavy atom. The van der Waals surface area contributed by atoms with E-state index in [2.05, 4.69) is 25.7 Å². The number of carbonyl (C=O) groups is 2. The molecule has 0 bridgehead atoms. The minimum atomic E-state index is -0.328. The molecule has 1 amide bonds. The maximum atomic E-state index is 13.3. The number of H-pyrrole nitrogens is 1. The number of ether oxygens (including phenoxy) is 1. The topological polar surface area (TPSA) is 114 Å². The number of fused-ring (bicyclic) bond motifs is 1. The molecule has 1 aliphatic carbocycles. The van der Waals surface area contributed by atoms with Gasteiger partial charge in [0.05, 0.1) is 42.4 Å². The number of nitrogens with one attached hydrogen (secondary N) is 3. The maximum absolute atomic E-state index is 13.3. The fourth-order valence-corrected chi connectivity index (χ4v) is 4.96. The van der Waals surface area contributed by atoms with E-state index in [1.165, 1.54) is 6.20 Å². The number of nitrogens with zero attached hydrogens (tertiary/aromatic N) is 3. The quantitative estimate of drug-likeness (QED) is 0.231. The number of pyridine rings is 1. The summed E-state index contributed by atoms with van der Waals surface area (Å²) >= 11 is 0. The molecule has 5 aromatic rings. The third kappa shape index (κ3) is 5.09. The van der Waals surface area contributed by atoms with Crippen LogP contribution in [0.4, 0.5) is 17.2 Å². The van der Waals surface area contributed by atoms with Gasteiger partial charge in [-0.05, 0) is 54.8 Å². The second-order valence-corrected chi connectivity index (χ2v) is 9.62. The number of aromatic amines is 1. The predicted octanol–water partition coefficient (Wildman–Crippen LogP) is 5.85. The lowest BCUT2D eigenvalue weighted by atomic mass is 9.95. The maximum Gasteiger partial charge on any atom is 0.260 e. The van der Waals surface area contributed by atoms with E-state index in [9.17, 15) is 9.59 Å². The summed E-state index contributed by atoms with van der Waals surface area (Å²) in [5.74, 6) is 0.939. The van der Waals surface area contributed by atoms with Crippen molar-refractivity contribution in [2.24, 2.45) is 0 Å². The number of para-hydroxylation sites is 1. The smallest absolute Gasteiger partial charge is 0.260 e. The summed E-state index contributed by atoms with van der Waals surface area (Å²) in [4.78, 5) is 34.2. The van der Waals surface area contributed by atoms with Crippen molar-refractivity contribution in [3.63, 3.8) is 0 Å². The van der Waals surface area contributed by atoms with Crippen LogP contribution >= 0.6 is 0 Å². The third-order valence-corrected chi connectivity index (χ3v) is 6.94. The number of benzene rings is 2. The highest BCUT2D eigenvalue weighted by Gasteiger charge is 2.28. The molecule has 0 radical (unpaired) electrons. The molecule has 0 atom stereocenters. The fraction of sp³-hybridized carbons (Fsp3) is 0.161. The van der Waals surface area contributed by atoms with Crippen LogP contribution in [0.15, 0.2) is 85.3 Å². The van der Waals surface area contributed by atoms with Crippen LogP contribution in [0, 0.1) is 0 Å². The molecule has 0 fully saturated rings. The van der Waals surface area contributed by atoms with Crippen LogP contribution in [-0.4, -0.2) is 38.5 Å². The summed E-state index contributed by atoms with van der Waals surface area (Å²) in [5, 5.41) is 10.8. The first kappa shape index (κ1) is 25.1. The zero-order chi connectivity index (χ0) is 27.5. The van der Waals surface area contributed by atoms with Crippen LogP contribution in [0.3, 0.4) is 0 Å². The monoisotopic (exact) mass is 532 g/mol. The SMILES string of the molecule is COc1ccc(Cn2cc(C(=O)Nc3ncccc3-c3[nH]c4c(c3Nc3ccccc3)C(=O)CCC4)cn2)cc1. The Labute approximate surface area is 231 Å². The second kappa shape index (κ2) is 10.9. The molecule has 40 heavy (non-hydrogen) atoms. The minimum Gasteiger partial charge on any atom is -0.497 e. The number of hydrogen-bond donors (Lipinski definition) is 3. The molecule has 3 aromatic heterocycles. The van der Waals surface area contributed by atoms with Gasteiger partial charge < -0.3 is 20.4 Å². The van der Waals surface area contributed by atoms with Gasteiger partial charge in [0.15, 0.2) is 5.78 Å². The van der Waals surface area contributed by atoms with Gasteiger partial charge in [-0.1, -0.05) is 30.3 Å². The number of rotatable bonds is 8. The fourth-order valence-electron chi connectivity index (χ4n) is 4.96. The second-order valence-electron chi connectivity index (χ2n) is 9.62. The largest absolute Gasteiger partial charge is 0.497 e. The summed E-state index contributed by atoms with van der Waals surface area (Å²) < 4.78 is 6.93. The van der Waals surface area contributed by atoms with Crippen molar-refractivity contribution in [1.82, 2.24) is 19.7 Å². The number of carbonyl (C=O) groups excluding carboxylic acids is 2. The molecular weight excluding hydrogens is 504 g/mol. The number of ketones is 1. The van der Waals surface area contributed by atoms with Crippen LogP contribution in [-0.2, 0) is 13.0 Å². The number of amides is 1. The molecule has 1 aliphatic rings. The summed E-state index contributed by atoms with van der Waals surface area (Å²) in [6.07, 6.45) is 6.95. The molecule has 3 heterocycles. The number of methoxy groups -OCH3 is 1. The van der Waals surface area contributed by atoms with Gasteiger partial charge in [-0.15, -0.1) is 0 Å². The van der Waals surface area contributed by atoms with Crippen LogP contribution in [0.2, 0.25) is 0 Å². The Morgan fingerprint density at radius 2 is 1.88 bits per heavy atom. The number of aromatic nitrogens is 4. The Balaban J connectivity index is 1.28. The van der Waals surface area contributed by atoms with Crippen LogP contribution in [0.25, 0.3) is 11.3 Å². The lowest BCUT2D eigenvalue weighted by Gasteiger charge is -2.14. The molecule has 0 saturated heterocycles. The van der Waals surface area contributed by atoms with E-state index in [0.717, 1.165) is 35.5 Å². The molecule has 3 N–H and O–H groups in total. The van der Waals surface area contributed by atoms with E-state index in [1.54, 1.807) is 24.2 Å². The van der Waals surface area contributed by atoms with Crippen LogP contribution in [0.5, 0.6) is 5.75 Å². The van der Waals surface area contributed by atoms with Gasteiger partial charge in [-0.3, -0.25) is 14.3 Å². The molecule has 0 spiro atoms. The molecule has 9 heteroatoms. The standard InChI is InChI=1S/C31H28N6O3/c1-40-23-14-12-20(13-15-23)18-37-19-21(17-33-37)31(39)36-30-24(9-6-16-32-30)28-29(34-22-7-3-2-4-8-22)27-25(35-28)10-5-11-26(27)38/h2-4,6-9,12-17,19,34-35H,5,10-11,18H2,1H3,(H,32,36,39). The van der Waals surface area contributed by atoms with E-state index in [0.29, 0.717) is 46.9 Å². The summed E-state index contributed by atoms with van der Waals surface area (Å²) in [5.41, 5.74) is 5.96. The molecule has 9 nitrogen and oxygen atoms in total. The zero-order valence-corrected chi connectivity index (χ0v) is 22.0. The summed E-state index contributed by atoms with van der Waals surface area (Å²) in [6.45, 7) is 0.517. The van der Waals surface area contributed by atoms with Crippen molar-refractivity contribution in [3.8, 4) is 17.0 Å². The van der Waals surface area contributed by atoms with Gasteiger partial charge in [-0.25, -0.2) is 4.98 Å². The first-order valence-corrected chi connectivity index (χ1v) is 13.1. The highest BCUT2D eigenvalue weighted by Crippen LogP contribution is 2.40. The van der Waals surface area contributed by atoms with Gasteiger partial charge in [0.1, 0.15) is 11.6 Å². The first-order chi connectivity index (χ1) is 19.6. The molecular formula is C31H28N6O3. The van der Waals surface area contributed by atoms with Gasteiger partial charge >= 0.3 is 0 Å². The lowest BCUT2D eigenvalue weighted by molar-refractivity contribution is 0.0972. The third-order valence-electron chi connectivity index (χ3n) is 6.94. The van der Waals surface area contributed by atoms with Crippen molar-refractivity contribution in [3.05, 3.63) is 108 Å². The number of Topliss-reactive ketones (excluding diaryl/α,β-unsaturated/α-hetero) is 1. The lowest BCUT2D eigenvalue weighted by Crippen LogP contribution is -2.13. The Morgan fingerprint density at radius 1 is 1.05 bits per heavy atom. The highest BCUT2D eigenvalue weighted by atomic mass is 16.5. The molecule has 0 unspecified atom stereocenters. The number of hydrogen-bond acceptors (Lipinski definition) is 6. The predicted molar refractivity (Wildman–Crippen MR) is 153 cm³/mol. The van der Waals surface area contributed by atoms with Crippen molar-refractivity contribution < 1.29 is 14.3 Å². The van der Waals surface area contributed by atoms with Crippen molar-refractivity contribution in [2.75, 3.05) is 17.7 Å². The Bertz CT molecular complexity index is 1670. The van der Waals surface area contributed by atoms with E-state index in [1.807, 2.05) is 66.7 Å². The van der Waals surface area contributed by atoms with Gasteiger partial charge in [-0.2, -0.15) is 5.10 Å². The number of anilines is 3. The molecule has 2 aromatic carbocycles. The van der Waals surface area contributed by atoms with Gasteiger partial charge in [0, 0.05) is 35.8 Å². The first-order valence-electron chi connectivity index (χ1n) is 13.1. The van der Waals surface area contributed by atoms with E-state index in [4.69, 9.17) is 4.74 Å². The van der Waals surface area contributed by atoms with Crippen LogP contribution < -0.4 is 15.4 Å². The van der Waals surface area contributed by atoms with E-state index < -0.39 is 0 Å². The van der Waals surface area contributed by atoms with Gasteiger partial charge in [0.25, 0.3) is 5.91 Å². The minimum absolute atomic E-state index is 0.0981. The average Bonchev–Trinajstić information content (AvgIpc) is 3.60. The highest BCUT2D eigenvalue weighted by molar-refractivity contribution is 6.09. The molecule has 200 valence electrons. The number of aryl methyl sites for hydroxylation is 1.